The number of hydrogen-bond donors (Lipinski definition) is 0. The molecule has 0 saturated carbocycles. The van der Waals surface area contributed by atoms with Gasteiger partial charge in [-0.05, 0) is 0 Å². The van der Waals surface area contributed by atoms with E-state index in [2.05, 4.69) is 10.9 Å². The van der Waals surface area contributed by atoms with Crippen LogP contribution >= 0.6 is 0 Å². The van der Waals surface area contributed by atoms with E-state index in [0.717, 1.165) is 0 Å². The van der Waals surface area contributed by atoms with Crippen LogP contribution in [0.3, 0.4) is 0 Å². The van der Waals surface area contributed by atoms with Crippen molar-refractivity contribution in [3.8, 4) is 0 Å². The monoisotopic (exact) mass is 826 g/mol. The SMILES string of the molecule is O.O=S(=O)([O-])OS(=O)(=O)[O-].O=S(=O)([O-])OS(=O)(=O)[O-].O=S(=O)([O-])OS(=O)(=O)[O-].[Ce+3].[Ce+3]. The third-order valence-electron chi connectivity index (χ3n) is 0.500. The van der Waals surface area contributed by atoms with Gasteiger partial charge in [0.25, 0.3) is 0 Å². The fourth-order valence-corrected chi connectivity index (χ4v) is 2.76. The summed E-state index contributed by atoms with van der Waals surface area (Å²) in [5, 5.41) is 0. The summed E-state index contributed by atoms with van der Waals surface area (Å²) in [6.07, 6.45) is 0. The molecule has 0 aromatic rings. The van der Waals surface area contributed by atoms with Crippen molar-refractivity contribution in [1.82, 2.24) is 0 Å². The van der Waals surface area contributed by atoms with Crippen molar-refractivity contribution in [3.05, 3.63) is 0 Å². The van der Waals surface area contributed by atoms with E-state index >= 15 is 0 Å². The van der Waals surface area contributed by atoms with Gasteiger partial charge in [0.05, 0.1) is 0 Å². The van der Waals surface area contributed by atoms with E-state index < -0.39 is 62.4 Å². The van der Waals surface area contributed by atoms with Crippen LogP contribution in [0.1, 0.15) is 0 Å². The number of rotatable bonds is 6. The maximum Gasteiger partial charge on any atom is 3.00 e. The molecule has 2 N–H and O–H groups in total. The molecule has 0 saturated heterocycles. The zero-order valence-corrected chi connectivity index (χ0v) is 23.7. The zero-order chi connectivity index (χ0) is 23.1. The first-order chi connectivity index (χ1) is 11.1. The Morgan fingerprint density at radius 1 is 0.333 bits per heavy atom. The van der Waals surface area contributed by atoms with E-state index in [4.69, 9.17) is 0 Å². The van der Waals surface area contributed by atoms with Crippen molar-refractivity contribution < 1.29 is 178 Å². The summed E-state index contributed by atoms with van der Waals surface area (Å²) < 4.78 is 175. The Hall–Kier alpha value is 2.05. The largest absolute Gasteiger partial charge is 3.00 e. The Morgan fingerprint density at radius 3 is 0.400 bits per heavy atom. The van der Waals surface area contributed by atoms with Crippen LogP contribution in [0.2, 0.25) is 0 Å². The van der Waals surface area contributed by atoms with Crippen molar-refractivity contribution in [1.29, 1.82) is 0 Å². The van der Waals surface area contributed by atoms with E-state index in [1.165, 1.54) is 0 Å². The smallest absolute Gasteiger partial charge is 0.725 e. The van der Waals surface area contributed by atoms with E-state index in [-0.39, 0.29) is 89.0 Å². The Bertz CT molecular complexity index is 854. The second kappa shape index (κ2) is 16.6. The molecule has 22 nitrogen and oxygen atoms in total. The number of hydrogen-bond acceptors (Lipinski definition) is 21. The summed E-state index contributed by atoms with van der Waals surface area (Å²) in [5.41, 5.74) is 0. The first-order valence-corrected chi connectivity index (χ1v) is 12.0. The standard InChI is InChI=1S/2Ce.3H2O7S2.H2O/c;;3*1-8(2,3)7-9(4,5)6;/h;;3*(H,1,2,3)(H,4,5,6);1H2/q2*+3;;;;/p-6. The molecule has 0 amide bonds. The Morgan fingerprint density at radius 2 is 0.400 bits per heavy atom. The summed E-state index contributed by atoms with van der Waals surface area (Å²) in [6, 6.07) is 0. The van der Waals surface area contributed by atoms with Crippen molar-refractivity contribution in [2.75, 3.05) is 0 Å². The molecular formula is H2Ce2O22S6. The van der Waals surface area contributed by atoms with Crippen LogP contribution < -0.4 is 0 Å². The second-order valence-corrected chi connectivity index (χ2v) is 9.19. The fraction of sp³-hybridized carbons (Fsp3) is 0. The predicted octanol–water partition coefficient (Wildman–Crippen LogP) is -7.05. The van der Waals surface area contributed by atoms with E-state index in [1.54, 1.807) is 0 Å². The predicted molar refractivity (Wildman–Crippen MR) is 65.1 cm³/mol. The van der Waals surface area contributed by atoms with Crippen molar-refractivity contribution >= 4 is 62.4 Å². The van der Waals surface area contributed by atoms with Gasteiger partial charge in [-0.15, -0.1) is 0 Å². The average molecular weight is 827 g/mol. The molecule has 30 heteroatoms. The van der Waals surface area contributed by atoms with Crippen molar-refractivity contribution in [3.63, 3.8) is 0 Å². The Labute approximate surface area is 236 Å². The summed E-state index contributed by atoms with van der Waals surface area (Å²) in [4.78, 5) is 0. The van der Waals surface area contributed by atoms with E-state index in [0.29, 0.717) is 0 Å². The zero-order valence-electron chi connectivity index (χ0n) is 12.5. The molecule has 0 aromatic carbocycles. The van der Waals surface area contributed by atoms with Crippen molar-refractivity contribution in [2.24, 2.45) is 0 Å². The van der Waals surface area contributed by atoms with Gasteiger partial charge in [-0.25, -0.2) is 50.5 Å². The molecule has 0 bridgehead atoms. The van der Waals surface area contributed by atoms with Gasteiger partial charge in [0, 0.05) is 0 Å². The maximum atomic E-state index is 9.29. The second-order valence-electron chi connectivity index (χ2n) is 2.65. The molecule has 30 heavy (non-hydrogen) atoms. The normalized spacial score (nSPS) is 12.2. The minimum atomic E-state index is -5.43. The molecule has 0 aliphatic heterocycles. The van der Waals surface area contributed by atoms with Gasteiger partial charge in [-0.1, -0.05) is 0 Å². The quantitative estimate of drug-likeness (QED) is 0.177. The van der Waals surface area contributed by atoms with E-state index in [9.17, 15) is 77.8 Å². The maximum absolute atomic E-state index is 9.29. The van der Waals surface area contributed by atoms with Crippen LogP contribution in [0.25, 0.3) is 0 Å². The first kappa shape index (κ1) is 45.5. The molecule has 178 valence electrons. The van der Waals surface area contributed by atoms with Crippen LogP contribution in [0.15, 0.2) is 0 Å². The van der Waals surface area contributed by atoms with Crippen LogP contribution in [-0.2, 0) is 73.3 Å². The van der Waals surface area contributed by atoms with Gasteiger partial charge in [0.15, 0.2) is 0 Å². The molecular weight excluding hydrogens is 825 g/mol. The van der Waals surface area contributed by atoms with Crippen LogP contribution in [0.5, 0.6) is 0 Å². The van der Waals surface area contributed by atoms with Gasteiger partial charge in [0.2, 0.25) is 62.4 Å². The van der Waals surface area contributed by atoms with Crippen LogP contribution in [-0.4, -0.2) is 83.3 Å². The summed E-state index contributed by atoms with van der Waals surface area (Å²) >= 11 is 0. The molecule has 0 aliphatic rings. The van der Waals surface area contributed by atoms with Crippen LogP contribution in [0, 0.1) is 83.5 Å². The third-order valence-corrected chi connectivity index (χ3v) is 4.50. The topological polar surface area (TPSA) is 402 Å². The minimum Gasteiger partial charge on any atom is -0.725 e. The molecule has 0 heterocycles. The minimum absolute atomic E-state index is 0. The molecule has 0 aliphatic carbocycles. The molecule has 0 rings (SSSR count). The van der Waals surface area contributed by atoms with Crippen LogP contribution in [0.4, 0.5) is 0 Å². The molecule has 0 fully saturated rings. The third kappa shape index (κ3) is 63.1. The Balaban J connectivity index is -0.0000000686. The Kier molecular flexibility index (Phi) is 25.3. The molecule has 0 spiro atoms. The molecule has 0 atom stereocenters. The average Bonchev–Trinajstić information content (AvgIpc) is 1.96. The van der Waals surface area contributed by atoms with Gasteiger partial charge >= 0.3 is 83.5 Å². The van der Waals surface area contributed by atoms with Gasteiger partial charge in [-0.3, -0.25) is 0 Å². The molecule has 0 aromatic heterocycles. The summed E-state index contributed by atoms with van der Waals surface area (Å²) in [6.45, 7) is 0. The van der Waals surface area contributed by atoms with E-state index in [1.807, 2.05) is 0 Å². The molecule has 2 radical (unpaired) electrons. The van der Waals surface area contributed by atoms with Gasteiger partial charge in [-0.2, -0.15) is 10.9 Å². The summed E-state index contributed by atoms with van der Waals surface area (Å²) in [5.74, 6) is 0. The fourth-order valence-electron chi connectivity index (χ4n) is 0.306. The van der Waals surface area contributed by atoms with Gasteiger partial charge < -0.3 is 32.8 Å². The first-order valence-electron chi connectivity index (χ1n) is 4.00. The molecule has 0 unspecified atom stereocenters. The van der Waals surface area contributed by atoms with Crippen molar-refractivity contribution in [2.45, 2.75) is 0 Å². The van der Waals surface area contributed by atoms with Gasteiger partial charge in [0.1, 0.15) is 0 Å². The summed E-state index contributed by atoms with van der Waals surface area (Å²) in [7, 11) is -32.6.